The third kappa shape index (κ3) is 2.86. The summed E-state index contributed by atoms with van der Waals surface area (Å²) in [6.07, 6.45) is -2.81. The Hall–Kier alpha value is -1.24. The first-order valence-corrected chi connectivity index (χ1v) is 6.21. The summed E-state index contributed by atoms with van der Waals surface area (Å²) in [7, 11) is 0. The summed E-state index contributed by atoms with van der Waals surface area (Å²) < 4.78 is 39.0. The van der Waals surface area contributed by atoms with E-state index in [1.807, 2.05) is 0 Å². The average Bonchev–Trinajstić information content (AvgIpc) is 3.05. The summed E-state index contributed by atoms with van der Waals surface area (Å²) in [6.45, 7) is 2.90. The van der Waals surface area contributed by atoms with Crippen LogP contribution in [0.15, 0.2) is 0 Å². The van der Waals surface area contributed by atoms with Crippen molar-refractivity contribution in [3.8, 4) is 0 Å². The van der Waals surface area contributed by atoms with Crippen LogP contribution < -0.4 is 5.32 Å². The van der Waals surface area contributed by atoms with Gasteiger partial charge in [-0.05, 0) is 26.7 Å². The van der Waals surface area contributed by atoms with E-state index in [1.165, 1.54) is 13.8 Å². The van der Waals surface area contributed by atoms with Crippen LogP contribution in [0, 0.1) is 6.92 Å². The molecule has 1 fully saturated rings. The van der Waals surface area contributed by atoms with Gasteiger partial charge in [0.15, 0.2) is 5.69 Å². The molecule has 0 saturated heterocycles. The molecule has 0 aliphatic heterocycles. The lowest BCUT2D eigenvalue weighted by molar-refractivity contribution is -0.141. The highest BCUT2D eigenvalue weighted by Gasteiger charge is 2.39. The van der Waals surface area contributed by atoms with Gasteiger partial charge in [0.05, 0.1) is 10.7 Å². The van der Waals surface area contributed by atoms with Gasteiger partial charge in [-0.15, -0.1) is 0 Å². The van der Waals surface area contributed by atoms with E-state index in [-0.39, 0.29) is 17.6 Å². The van der Waals surface area contributed by atoms with Crippen molar-refractivity contribution in [2.24, 2.45) is 0 Å². The quantitative estimate of drug-likeness (QED) is 0.932. The zero-order valence-corrected chi connectivity index (χ0v) is 11.1. The van der Waals surface area contributed by atoms with Crippen LogP contribution in [0.4, 0.5) is 13.2 Å². The summed E-state index contributed by atoms with van der Waals surface area (Å²) in [5.41, 5.74) is -1.02. The first kappa shape index (κ1) is 14.2. The van der Waals surface area contributed by atoms with Crippen molar-refractivity contribution in [3.05, 3.63) is 16.4 Å². The van der Waals surface area contributed by atoms with Crippen molar-refractivity contribution in [2.45, 2.75) is 44.9 Å². The third-order valence-electron chi connectivity index (χ3n) is 3.02. The Kier molecular flexibility index (Phi) is 3.51. The van der Waals surface area contributed by atoms with E-state index >= 15 is 0 Å². The summed E-state index contributed by atoms with van der Waals surface area (Å²) >= 11 is 5.63. The molecule has 1 unspecified atom stereocenters. The average molecular weight is 296 g/mol. The van der Waals surface area contributed by atoms with Gasteiger partial charge in [0, 0.05) is 6.04 Å². The maximum atomic E-state index is 12.7. The predicted octanol–water partition coefficient (Wildman–Crippen LogP) is 2.70. The molecular weight excluding hydrogens is 283 g/mol. The Morgan fingerprint density at radius 2 is 2.11 bits per heavy atom. The second-order valence-electron chi connectivity index (χ2n) is 4.65. The summed E-state index contributed by atoms with van der Waals surface area (Å²) in [5, 5.41) is 5.69. The summed E-state index contributed by atoms with van der Waals surface area (Å²) in [4.78, 5) is 11.8. The second kappa shape index (κ2) is 4.70. The van der Waals surface area contributed by atoms with Crippen molar-refractivity contribution in [2.75, 3.05) is 0 Å². The van der Waals surface area contributed by atoms with Gasteiger partial charge in [-0.3, -0.25) is 9.48 Å². The zero-order chi connectivity index (χ0) is 14.4. The lowest BCUT2D eigenvalue weighted by Gasteiger charge is -2.14. The van der Waals surface area contributed by atoms with Gasteiger partial charge in [-0.1, -0.05) is 11.6 Å². The molecule has 1 aliphatic carbocycles. The second-order valence-corrected chi connectivity index (χ2v) is 5.03. The molecule has 8 heteroatoms. The molecule has 1 saturated carbocycles. The standard InChI is InChI=1S/C11H13ClF3N3O/c1-5-8(12)9(11(13,14)15)17-18(5)6(2)10(19)16-7-3-4-7/h6-7H,3-4H2,1-2H3,(H,16,19). The van der Waals surface area contributed by atoms with E-state index in [2.05, 4.69) is 10.4 Å². The maximum absolute atomic E-state index is 12.7. The number of alkyl halides is 3. The smallest absolute Gasteiger partial charge is 0.352 e. The number of hydrogen-bond donors (Lipinski definition) is 1. The minimum atomic E-state index is -4.63. The molecule has 1 amide bonds. The van der Waals surface area contributed by atoms with Crippen molar-refractivity contribution in [1.29, 1.82) is 0 Å². The fourth-order valence-corrected chi connectivity index (χ4v) is 1.95. The van der Waals surface area contributed by atoms with E-state index in [0.717, 1.165) is 17.5 Å². The number of carbonyl (C=O) groups is 1. The molecule has 1 atom stereocenters. The molecule has 1 aromatic rings. The lowest BCUT2D eigenvalue weighted by atomic mass is 10.3. The number of carbonyl (C=O) groups excluding carboxylic acids is 1. The Morgan fingerprint density at radius 3 is 2.53 bits per heavy atom. The first-order chi connectivity index (χ1) is 8.71. The third-order valence-corrected chi connectivity index (χ3v) is 3.47. The molecule has 106 valence electrons. The number of hydrogen-bond acceptors (Lipinski definition) is 2. The molecule has 1 N–H and O–H groups in total. The van der Waals surface area contributed by atoms with Crippen molar-refractivity contribution < 1.29 is 18.0 Å². The number of nitrogens with zero attached hydrogens (tertiary/aromatic N) is 2. The molecule has 0 bridgehead atoms. The molecular formula is C11H13ClF3N3O. The molecule has 2 rings (SSSR count). The largest absolute Gasteiger partial charge is 0.436 e. The van der Waals surface area contributed by atoms with Gasteiger partial charge in [-0.2, -0.15) is 18.3 Å². The molecule has 4 nitrogen and oxygen atoms in total. The molecule has 1 aromatic heterocycles. The highest BCUT2D eigenvalue weighted by atomic mass is 35.5. The summed E-state index contributed by atoms with van der Waals surface area (Å²) in [5.74, 6) is -0.349. The number of amides is 1. The minimum absolute atomic E-state index is 0.132. The molecule has 0 spiro atoms. The van der Waals surface area contributed by atoms with Crippen LogP contribution in [0.25, 0.3) is 0 Å². The predicted molar refractivity (Wildman–Crippen MR) is 62.9 cm³/mol. The van der Waals surface area contributed by atoms with Gasteiger partial charge in [0.2, 0.25) is 5.91 Å². The lowest BCUT2D eigenvalue weighted by Crippen LogP contribution is -2.33. The van der Waals surface area contributed by atoms with E-state index in [4.69, 9.17) is 11.6 Å². The Labute approximate surface area is 112 Å². The van der Waals surface area contributed by atoms with Crippen LogP contribution in [0.2, 0.25) is 5.02 Å². The molecule has 0 aromatic carbocycles. The van der Waals surface area contributed by atoms with Crippen LogP contribution >= 0.6 is 11.6 Å². The number of rotatable bonds is 3. The van der Waals surface area contributed by atoms with Crippen molar-refractivity contribution >= 4 is 17.5 Å². The van der Waals surface area contributed by atoms with Gasteiger partial charge < -0.3 is 5.32 Å². The highest BCUT2D eigenvalue weighted by Crippen LogP contribution is 2.36. The number of aromatic nitrogens is 2. The van der Waals surface area contributed by atoms with E-state index in [1.54, 1.807) is 0 Å². The topological polar surface area (TPSA) is 46.9 Å². The fourth-order valence-electron chi connectivity index (χ4n) is 1.72. The van der Waals surface area contributed by atoms with Crippen molar-refractivity contribution in [1.82, 2.24) is 15.1 Å². The van der Waals surface area contributed by atoms with Crippen LogP contribution in [-0.4, -0.2) is 21.7 Å². The van der Waals surface area contributed by atoms with Gasteiger partial charge >= 0.3 is 6.18 Å². The molecule has 1 aliphatic rings. The Morgan fingerprint density at radius 1 is 1.53 bits per heavy atom. The fraction of sp³-hybridized carbons (Fsp3) is 0.636. The number of nitrogens with one attached hydrogen (secondary N) is 1. The van der Waals surface area contributed by atoms with Crippen LogP contribution in [-0.2, 0) is 11.0 Å². The van der Waals surface area contributed by atoms with Crippen LogP contribution in [0.3, 0.4) is 0 Å². The minimum Gasteiger partial charge on any atom is -0.352 e. The SMILES string of the molecule is Cc1c(Cl)c(C(F)(F)F)nn1C(C)C(=O)NC1CC1. The normalized spacial score (nSPS) is 17.4. The first-order valence-electron chi connectivity index (χ1n) is 5.84. The zero-order valence-electron chi connectivity index (χ0n) is 10.4. The molecule has 1 heterocycles. The highest BCUT2D eigenvalue weighted by molar-refractivity contribution is 6.32. The monoisotopic (exact) mass is 295 g/mol. The van der Waals surface area contributed by atoms with E-state index < -0.39 is 22.9 Å². The van der Waals surface area contributed by atoms with E-state index in [9.17, 15) is 18.0 Å². The maximum Gasteiger partial charge on any atom is 0.436 e. The van der Waals surface area contributed by atoms with E-state index in [0.29, 0.717) is 0 Å². The number of halogens is 4. The Balaban J connectivity index is 2.26. The van der Waals surface area contributed by atoms with Gasteiger partial charge in [0.25, 0.3) is 0 Å². The molecule has 0 radical (unpaired) electrons. The molecule has 19 heavy (non-hydrogen) atoms. The van der Waals surface area contributed by atoms with Gasteiger partial charge in [0.1, 0.15) is 6.04 Å². The summed E-state index contributed by atoms with van der Waals surface area (Å²) in [6, 6.07) is -0.683. The van der Waals surface area contributed by atoms with Crippen LogP contribution in [0.1, 0.15) is 37.2 Å². The Bertz CT molecular complexity index is 508. The van der Waals surface area contributed by atoms with Crippen molar-refractivity contribution in [3.63, 3.8) is 0 Å². The van der Waals surface area contributed by atoms with Crippen LogP contribution in [0.5, 0.6) is 0 Å². The van der Waals surface area contributed by atoms with Gasteiger partial charge in [-0.25, -0.2) is 0 Å².